The highest BCUT2D eigenvalue weighted by molar-refractivity contribution is 7.89. The summed E-state index contributed by atoms with van der Waals surface area (Å²) < 4.78 is 45.1. The van der Waals surface area contributed by atoms with Gasteiger partial charge >= 0.3 is 0 Å². The molecule has 0 radical (unpaired) electrons. The summed E-state index contributed by atoms with van der Waals surface area (Å²) in [6, 6.07) is 15.3. The van der Waals surface area contributed by atoms with Gasteiger partial charge < -0.3 is 24.4 Å². The summed E-state index contributed by atoms with van der Waals surface area (Å²) in [5, 5.41) is 6.33. The van der Waals surface area contributed by atoms with E-state index in [0.717, 1.165) is 5.56 Å². The molecule has 1 aliphatic rings. The lowest BCUT2D eigenvalue weighted by atomic mass is 10.1. The molecular formula is C31H37ClN4O6S2. The molecule has 3 aromatic rings. The van der Waals surface area contributed by atoms with E-state index in [-0.39, 0.29) is 28.7 Å². The van der Waals surface area contributed by atoms with Crippen molar-refractivity contribution >= 4 is 56.2 Å². The van der Waals surface area contributed by atoms with E-state index in [4.69, 9.17) is 38.0 Å². The number of halogens is 1. The molecule has 0 atom stereocenters. The number of sulfonamides is 1. The minimum Gasteiger partial charge on any atom is -0.490 e. The number of para-hydroxylation sites is 1. The van der Waals surface area contributed by atoms with Crippen molar-refractivity contribution in [1.82, 2.24) is 9.62 Å². The van der Waals surface area contributed by atoms with E-state index in [0.29, 0.717) is 66.6 Å². The second kappa shape index (κ2) is 14.9. The summed E-state index contributed by atoms with van der Waals surface area (Å²) >= 11 is 12.1. The molecule has 0 spiro atoms. The first-order chi connectivity index (χ1) is 21.1. The third-order valence-corrected chi connectivity index (χ3v) is 9.27. The zero-order valence-corrected chi connectivity index (χ0v) is 27.6. The predicted octanol–water partition coefficient (Wildman–Crippen LogP) is 5.48. The lowest BCUT2D eigenvalue weighted by Gasteiger charge is -2.36. The molecule has 1 saturated heterocycles. The maximum absolute atomic E-state index is 13.3. The van der Waals surface area contributed by atoms with Gasteiger partial charge in [-0.3, -0.25) is 10.1 Å². The standard InChI is InChI=1S/C31H37ClN4O6S2/c1-5-40-26-19-22(20-27(41-6-2)29(26)42-7-3)30(37)34-31(43)33-25-10-8-9-24(32)28(25)35-15-17-36(18-16-35)44(38,39)23-13-11-21(4)12-14-23/h8-14,19-20H,5-7,15-18H2,1-4H3,(H2,33,34,37,43). The number of hydrogen-bond donors (Lipinski definition) is 2. The summed E-state index contributed by atoms with van der Waals surface area (Å²) in [6.45, 7) is 9.99. The van der Waals surface area contributed by atoms with Gasteiger partial charge in [-0.25, -0.2) is 8.42 Å². The van der Waals surface area contributed by atoms with Crippen LogP contribution in [0.4, 0.5) is 11.4 Å². The molecule has 13 heteroatoms. The van der Waals surface area contributed by atoms with Gasteiger partial charge in [0.2, 0.25) is 15.8 Å². The van der Waals surface area contributed by atoms with Gasteiger partial charge in [0.25, 0.3) is 5.91 Å². The summed E-state index contributed by atoms with van der Waals surface area (Å²) in [6.07, 6.45) is 0. The van der Waals surface area contributed by atoms with Crippen molar-refractivity contribution in [3.05, 3.63) is 70.7 Å². The number of carbonyl (C=O) groups excluding carboxylic acids is 1. The molecule has 1 amide bonds. The third-order valence-electron chi connectivity index (χ3n) is 6.85. The smallest absolute Gasteiger partial charge is 0.257 e. The van der Waals surface area contributed by atoms with E-state index in [1.807, 2.05) is 32.6 Å². The summed E-state index contributed by atoms with van der Waals surface area (Å²) in [4.78, 5) is 15.5. The number of rotatable bonds is 11. The molecular weight excluding hydrogens is 624 g/mol. The molecule has 3 aromatic carbocycles. The quantitative estimate of drug-likeness (QED) is 0.258. The van der Waals surface area contributed by atoms with Crippen molar-refractivity contribution in [3.63, 3.8) is 0 Å². The van der Waals surface area contributed by atoms with E-state index >= 15 is 0 Å². The van der Waals surface area contributed by atoms with Gasteiger partial charge in [-0.05, 0) is 76.3 Å². The van der Waals surface area contributed by atoms with Gasteiger partial charge in [-0.1, -0.05) is 35.4 Å². The number of carbonyl (C=O) groups is 1. The van der Waals surface area contributed by atoms with Crippen LogP contribution in [0, 0.1) is 6.92 Å². The number of piperazine rings is 1. The van der Waals surface area contributed by atoms with Crippen LogP contribution in [-0.2, 0) is 10.0 Å². The zero-order chi connectivity index (χ0) is 31.9. The van der Waals surface area contributed by atoms with Crippen LogP contribution in [0.25, 0.3) is 0 Å². The Kier molecular flexibility index (Phi) is 11.3. The highest BCUT2D eigenvalue weighted by Gasteiger charge is 2.30. The molecule has 0 aromatic heterocycles. The van der Waals surface area contributed by atoms with Crippen LogP contribution in [0.2, 0.25) is 5.02 Å². The number of thiocarbonyl (C=S) groups is 1. The van der Waals surface area contributed by atoms with E-state index in [1.165, 1.54) is 4.31 Å². The Labute approximate surface area is 269 Å². The van der Waals surface area contributed by atoms with Crippen molar-refractivity contribution in [1.29, 1.82) is 0 Å². The number of benzene rings is 3. The number of anilines is 2. The molecule has 0 bridgehead atoms. The zero-order valence-electron chi connectivity index (χ0n) is 25.2. The molecule has 4 rings (SSSR count). The number of ether oxygens (including phenoxy) is 3. The molecule has 0 saturated carbocycles. The van der Waals surface area contributed by atoms with Gasteiger partial charge in [0.05, 0.1) is 41.1 Å². The highest BCUT2D eigenvalue weighted by atomic mass is 35.5. The highest BCUT2D eigenvalue weighted by Crippen LogP contribution is 2.39. The van der Waals surface area contributed by atoms with Crippen molar-refractivity contribution in [2.45, 2.75) is 32.6 Å². The van der Waals surface area contributed by atoms with E-state index in [2.05, 4.69) is 10.6 Å². The fraction of sp³-hybridized carbons (Fsp3) is 0.355. The molecule has 2 N–H and O–H groups in total. The van der Waals surface area contributed by atoms with E-state index in [9.17, 15) is 13.2 Å². The lowest BCUT2D eigenvalue weighted by Crippen LogP contribution is -2.49. The fourth-order valence-corrected chi connectivity index (χ4v) is 6.72. The molecule has 0 unspecified atom stereocenters. The molecule has 1 fully saturated rings. The SMILES string of the molecule is CCOc1cc(C(=O)NC(=S)Nc2cccc(Cl)c2N2CCN(S(=O)(=O)c3ccc(C)cc3)CC2)cc(OCC)c1OCC. The Morgan fingerprint density at radius 3 is 2.07 bits per heavy atom. The van der Waals surface area contributed by atoms with Crippen LogP contribution >= 0.6 is 23.8 Å². The topological polar surface area (TPSA) is 109 Å². The maximum Gasteiger partial charge on any atom is 0.257 e. The second-order valence-electron chi connectivity index (χ2n) is 9.85. The van der Waals surface area contributed by atoms with Gasteiger partial charge in [0, 0.05) is 31.7 Å². The van der Waals surface area contributed by atoms with Crippen LogP contribution < -0.4 is 29.7 Å². The number of aryl methyl sites for hydroxylation is 1. The van der Waals surface area contributed by atoms with Crippen LogP contribution in [0.15, 0.2) is 59.5 Å². The molecule has 44 heavy (non-hydrogen) atoms. The first kappa shape index (κ1) is 33.3. The summed E-state index contributed by atoms with van der Waals surface area (Å²) in [5.74, 6) is 0.754. The average Bonchev–Trinajstić information content (AvgIpc) is 2.99. The van der Waals surface area contributed by atoms with Crippen molar-refractivity contribution in [2.75, 3.05) is 56.2 Å². The molecule has 10 nitrogen and oxygen atoms in total. The van der Waals surface area contributed by atoms with Gasteiger partial charge in [-0.15, -0.1) is 0 Å². The van der Waals surface area contributed by atoms with Crippen molar-refractivity contribution < 1.29 is 27.4 Å². The van der Waals surface area contributed by atoms with Gasteiger partial charge in [0.15, 0.2) is 16.6 Å². The van der Waals surface area contributed by atoms with Crippen LogP contribution in [0.1, 0.15) is 36.7 Å². The number of nitrogens with zero attached hydrogens (tertiary/aromatic N) is 2. The first-order valence-electron chi connectivity index (χ1n) is 14.4. The first-order valence-corrected chi connectivity index (χ1v) is 16.6. The predicted molar refractivity (Wildman–Crippen MR) is 177 cm³/mol. The fourth-order valence-electron chi connectivity index (χ4n) is 4.80. The second-order valence-corrected chi connectivity index (χ2v) is 12.6. The number of hydrogen-bond acceptors (Lipinski definition) is 8. The van der Waals surface area contributed by atoms with E-state index in [1.54, 1.807) is 54.6 Å². The monoisotopic (exact) mass is 660 g/mol. The Hall–Kier alpha value is -3.58. The Morgan fingerprint density at radius 2 is 1.50 bits per heavy atom. The lowest BCUT2D eigenvalue weighted by molar-refractivity contribution is 0.0976. The normalized spacial score (nSPS) is 13.7. The number of nitrogens with one attached hydrogen (secondary N) is 2. The van der Waals surface area contributed by atoms with Crippen LogP contribution in [0.3, 0.4) is 0 Å². The Morgan fingerprint density at radius 1 is 0.909 bits per heavy atom. The van der Waals surface area contributed by atoms with Crippen LogP contribution in [0.5, 0.6) is 17.2 Å². The Bertz CT molecular complexity index is 1570. The maximum atomic E-state index is 13.3. The molecule has 236 valence electrons. The minimum atomic E-state index is -3.62. The van der Waals surface area contributed by atoms with Gasteiger partial charge in [-0.2, -0.15) is 4.31 Å². The van der Waals surface area contributed by atoms with Gasteiger partial charge in [0.1, 0.15) is 0 Å². The van der Waals surface area contributed by atoms with E-state index < -0.39 is 15.9 Å². The molecule has 1 heterocycles. The average molecular weight is 661 g/mol. The van der Waals surface area contributed by atoms with Crippen LogP contribution in [-0.4, -0.2) is 69.7 Å². The minimum absolute atomic E-state index is 0.0592. The molecule has 0 aliphatic carbocycles. The third kappa shape index (κ3) is 7.73. The number of amides is 1. The largest absolute Gasteiger partial charge is 0.490 e. The Balaban J connectivity index is 1.48. The van der Waals surface area contributed by atoms with Crippen molar-refractivity contribution in [2.24, 2.45) is 0 Å². The summed E-state index contributed by atoms with van der Waals surface area (Å²) in [5.41, 5.74) is 2.51. The summed E-state index contributed by atoms with van der Waals surface area (Å²) in [7, 11) is -3.62. The molecule has 1 aliphatic heterocycles. The van der Waals surface area contributed by atoms with Crippen molar-refractivity contribution in [3.8, 4) is 17.2 Å².